The highest BCUT2D eigenvalue weighted by Gasteiger charge is 2.31. The molecule has 0 aromatic heterocycles. The van der Waals surface area contributed by atoms with Gasteiger partial charge >= 0.3 is 12.0 Å². The van der Waals surface area contributed by atoms with Gasteiger partial charge in [0, 0.05) is 24.5 Å². The van der Waals surface area contributed by atoms with Crippen LogP contribution in [0.4, 0.5) is 16.2 Å². The van der Waals surface area contributed by atoms with Crippen LogP contribution in [0.15, 0.2) is 42.5 Å². The lowest BCUT2D eigenvalue weighted by atomic mass is 10.1. The number of esters is 1. The maximum absolute atomic E-state index is 12.9. The first-order chi connectivity index (χ1) is 12.5. The number of aryl methyl sites for hydroxylation is 1. The van der Waals surface area contributed by atoms with Crippen molar-refractivity contribution in [2.75, 3.05) is 36.5 Å². The molecule has 1 fully saturated rings. The largest absolute Gasteiger partial charge is 0.465 e. The summed E-state index contributed by atoms with van der Waals surface area (Å²) in [4.78, 5) is 28.0. The normalized spacial score (nSPS) is 14.0. The second-order valence-electron chi connectivity index (χ2n) is 6.28. The van der Waals surface area contributed by atoms with Gasteiger partial charge in [-0.05, 0) is 61.3 Å². The van der Waals surface area contributed by atoms with E-state index < -0.39 is 0 Å². The molecule has 0 atom stereocenters. The number of carbonyl (C=O) groups excluding carboxylic acids is 2. The number of hydrogen-bond acceptors (Lipinski definition) is 4. The maximum atomic E-state index is 12.9. The molecule has 0 spiro atoms. The number of ether oxygens (including phenoxy) is 1. The second-order valence-corrected chi connectivity index (χ2v) is 6.28. The van der Waals surface area contributed by atoms with E-state index >= 15 is 0 Å². The molecule has 6 nitrogen and oxygen atoms in total. The van der Waals surface area contributed by atoms with Crippen LogP contribution in [0.3, 0.4) is 0 Å². The van der Waals surface area contributed by atoms with Crippen molar-refractivity contribution in [2.24, 2.45) is 5.73 Å². The molecule has 3 rings (SSSR count). The van der Waals surface area contributed by atoms with E-state index in [0.717, 1.165) is 28.9 Å². The van der Waals surface area contributed by atoms with Crippen LogP contribution in [-0.4, -0.2) is 38.7 Å². The molecule has 1 saturated heterocycles. The van der Waals surface area contributed by atoms with Gasteiger partial charge in [0.15, 0.2) is 0 Å². The van der Waals surface area contributed by atoms with Crippen LogP contribution in [0.2, 0.25) is 0 Å². The van der Waals surface area contributed by atoms with E-state index in [1.807, 2.05) is 31.2 Å². The van der Waals surface area contributed by atoms with Crippen LogP contribution in [0, 0.1) is 6.92 Å². The third-order valence-electron chi connectivity index (χ3n) is 4.60. The van der Waals surface area contributed by atoms with Gasteiger partial charge in [0.1, 0.15) is 0 Å². The van der Waals surface area contributed by atoms with E-state index in [-0.39, 0.29) is 12.0 Å². The van der Waals surface area contributed by atoms with Gasteiger partial charge in [-0.2, -0.15) is 0 Å². The fourth-order valence-corrected chi connectivity index (χ4v) is 3.21. The summed E-state index contributed by atoms with van der Waals surface area (Å²) >= 11 is 0. The minimum absolute atomic E-state index is 0.0644. The Hall–Kier alpha value is -2.86. The average Bonchev–Trinajstić information content (AvgIpc) is 3.03. The van der Waals surface area contributed by atoms with Gasteiger partial charge in [-0.1, -0.05) is 12.1 Å². The van der Waals surface area contributed by atoms with Gasteiger partial charge in [-0.25, -0.2) is 9.59 Å². The Labute approximate surface area is 153 Å². The van der Waals surface area contributed by atoms with Gasteiger partial charge < -0.3 is 10.5 Å². The molecule has 2 N–H and O–H groups in total. The Morgan fingerprint density at radius 1 is 1.12 bits per heavy atom. The number of nitrogens with zero attached hydrogens (tertiary/aromatic N) is 2. The molecule has 2 amide bonds. The molecule has 1 heterocycles. The number of rotatable bonds is 5. The van der Waals surface area contributed by atoms with Gasteiger partial charge in [0.2, 0.25) is 0 Å². The van der Waals surface area contributed by atoms with Crippen LogP contribution in [0.1, 0.15) is 21.5 Å². The summed E-state index contributed by atoms with van der Waals surface area (Å²) in [6.07, 6.45) is 0.825. The summed E-state index contributed by atoms with van der Waals surface area (Å²) in [5.41, 5.74) is 9.77. The zero-order chi connectivity index (χ0) is 18.7. The summed E-state index contributed by atoms with van der Waals surface area (Å²) < 4.78 is 4.74. The lowest BCUT2D eigenvalue weighted by molar-refractivity contribution is 0.0600. The van der Waals surface area contributed by atoms with Crippen LogP contribution >= 0.6 is 0 Å². The summed E-state index contributed by atoms with van der Waals surface area (Å²) in [6, 6.07) is 13.1. The van der Waals surface area contributed by atoms with Crippen LogP contribution < -0.4 is 15.5 Å². The number of nitrogens with two attached hydrogens (primary N) is 1. The molecule has 0 radical (unpaired) electrons. The van der Waals surface area contributed by atoms with E-state index in [1.165, 1.54) is 7.11 Å². The number of urea groups is 1. The highest BCUT2D eigenvalue weighted by molar-refractivity contribution is 6.06. The SMILES string of the molecule is COC(=O)c1ccc(N2CCN(c3ccc(CCN)cc3)C2=O)c(C)c1. The highest BCUT2D eigenvalue weighted by atomic mass is 16.5. The summed E-state index contributed by atoms with van der Waals surface area (Å²) in [5.74, 6) is -0.383. The predicted molar refractivity (Wildman–Crippen MR) is 102 cm³/mol. The highest BCUT2D eigenvalue weighted by Crippen LogP contribution is 2.28. The topological polar surface area (TPSA) is 75.9 Å². The molecule has 2 aromatic carbocycles. The summed E-state index contributed by atoms with van der Waals surface area (Å²) in [5, 5.41) is 0. The van der Waals surface area contributed by atoms with Gasteiger partial charge in [0.25, 0.3) is 0 Å². The van der Waals surface area contributed by atoms with E-state index in [1.54, 1.807) is 28.0 Å². The lowest BCUT2D eigenvalue weighted by Gasteiger charge is -2.21. The number of anilines is 2. The standard InChI is InChI=1S/C20H23N3O3/c1-14-13-16(19(24)26-2)5-8-18(14)23-12-11-22(20(23)25)17-6-3-15(4-7-17)9-10-21/h3-8,13H,9-12,21H2,1-2H3. The number of carbonyl (C=O) groups is 2. The molecule has 6 heteroatoms. The van der Waals surface area contributed by atoms with Crippen LogP contribution in [-0.2, 0) is 11.2 Å². The molecule has 26 heavy (non-hydrogen) atoms. The van der Waals surface area contributed by atoms with Gasteiger partial charge in [-0.15, -0.1) is 0 Å². The summed E-state index contributed by atoms with van der Waals surface area (Å²) in [6.45, 7) is 3.71. The quantitative estimate of drug-likeness (QED) is 0.839. The Balaban J connectivity index is 1.79. The molecule has 0 unspecified atom stereocenters. The Morgan fingerprint density at radius 2 is 1.81 bits per heavy atom. The van der Waals surface area contributed by atoms with Crippen LogP contribution in [0.5, 0.6) is 0 Å². The number of amides is 2. The van der Waals surface area contributed by atoms with Crippen molar-refractivity contribution in [1.82, 2.24) is 0 Å². The monoisotopic (exact) mass is 353 g/mol. The van der Waals surface area contributed by atoms with Crippen molar-refractivity contribution < 1.29 is 14.3 Å². The third-order valence-corrected chi connectivity index (χ3v) is 4.60. The van der Waals surface area contributed by atoms with Crippen molar-refractivity contribution in [3.63, 3.8) is 0 Å². The van der Waals surface area contributed by atoms with Gasteiger partial charge in [-0.3, -0.25) is 9.80 Å². The molecule has 1 aliphatic heterocycles. The average molecular weight is 353 g/mol. The van der Waals surface area contributed by atoms with Gasteiger partial charge in [0.05, 0.1) is 12.7 Å². The molecular formula is C20H23N3O3. The fourth-order valence-electron chi connectivity index (χ4n) is 3.21. The molecule has 1 aliphatic rings. The minimum atomic E-state index is -0.383. The Morgan fingerprint density at radius 3 is 2.42 bits per heavy atom. The molecule has 0 saturated carbocycles. The number of methoxy groups -OCH3 is 1. The predicted octanol–water partition coefficient (Wildman–Crippen LogP) is 2.73. The molecule has 2 aromatic rings. The van der Waals surface area contributed by atoms with Crippen molar-refractivity contribution in [3.05, 3.63) is 59.2 Å². The van der Waals surface area contributed by atoms with E-state index in [4.69, 9.17) is 10.5 Å². The number of hydrogen-bond donors (Lipinski definition) is 1. The molecular weight excluding hydrogens is 330 g/mol. The zero-order valence-electron chi connectivity index (χ0n) is 15.1. The molecule has 0 aliphatic carbocycles. The smallest absolute Gasteiger partial charge is 0.337 e. The van der Waals surface area contributed by atoms with Crippen LogP contribution in [0.25, 0.3) is 0 Å². The van der Waals surface area contributed by atoms with Crippen molar-refractivity contribution in [1.29, 1.82) is 0 Å². The van der Waals surface area contributed by atoms with E-state index in [9.17, 15) is 9.59 Å². The van der Waals surface area contributed by atoms with Crippen molar-refractivity contribution in [2.45, 2.75) is 13.3 Å². The first-order valence-corrected chi connectivity index (χ1v) is 8.62. The molecule has 0 bridgehead atoms. The Kier molecular flexibility index (Phi) is 5.23. The number of benzene rings is 2. The molecule has 136 valence electrons. The van der Waals surface area contributed by atoms with Crippen molar-refractivity contribution >= 4 is 23.4 Å². The Bertz CT molecular complexity index is 818. The lowest BCUT2D eigenvalue weighted by Crippen LogP contribution is -2.32. The first-order valence-electron chi connectivity index (χ1n) is 8.62. The maximum Gasteiger partial charge on any atom is 0.337 e. The van der Waals surface area contributed by atoms with E-state index in [0.29, 0.717) is 25.2 Å². The summed E-state index contributed by atoms with van der Waals surface area (Å²) in [7, 11) is 1.35. The zero-order valence-corrected chi connectivity index (χ0v) is 15.1. The second kappa shape index (κ2) is 7.58. The third kappa shape index (κ3) is 3.41. The first kappa shape index (κ1) is 17.9. The fraction of sp³-hybridized carbons (Fsp3) is 0.300. The van der Waals surface area contributed by atoms with E-state index in [2.05, 4.69) is 0 Å². The van der Waals surface area contributed by atoms with Crippen molar-refractivity contribution in [3.8, 4) is 0 Å². The minimum Gasteiger partial charge on any atom is -0.465 e.